The number of ether oxygens (including phenoxy) is 1. The first-order valence-electron chi connectivity index (χ1n) is 11.9. The lowest BCUT2D eigenvalue weighted by atomic mass is 9.87. The SMILES string of the molecule is CCNC(=NCc1ccccc1-c1ccc(Cn2cncn2)cc1)N1CCC2(CCOC2)C1. The van der Waals surface area contributed by atoms with Crippen LogP contribution in [0.25, 0.3) is 11.1 Å². The molecule has 0 saturated carbocycles. The van der Waals surface area contributed by atoms with E-state index in [0.29, 0.717) is 12.0 Å². The van der Waals surface area contributed by atoms with Crippen molar-refractivity contribution in [3.8, 4) is 11.1 Å². The van der Waals surface area contributed by atoms with Gasteiger partial charge in [0.05, 0.1) is 19.7 Å². The van der Waals surface area contributed by atoms with Crippen LogP contribution in [0.3, 0.4) is 0 Å². The van der Waals surface area contributed by atoms with Crippen molar-refractivity contribution in [1.29, 1.82) is 0 Å². The molecule has 7 heteroatoms. The standard InChI is InChI=1S/C26H32N6O/c1-2-28-25(31-13-11-26(17-31)12-14-33-18-26)29-15-23-5-3-4-6-24(23)22-9-7-21(8-10-22)16-32-20-27-19-30-32/h3-10,19-20H,2,11-18H2,1H3,(H,28,29). The quantitative estimate of drug-likeness (QED) is 0.465. The van der Waals surface area contributed by atoms with Crippen molar-refractivity contribution in [2.75, 3.05) is 32.8 Å². The second kappa shape index (κ2) is 9.75. The number of aliphatic imine (C=N–C) groups is 1. The van der Waals surface area contributed by atoms with Crippen molar-refractivity contribution in [2.24, 2.45) is 10.4 Å². The van der Waals surface area contributed by atoms with Crippen LogP contribution >= 0.6 is 0 Å². The van der Waals surface area contributed by atoms with Gasteiger partial charge in [0.1, 0.15) is 12.7 Å². The van der Waals surface area contributed by atoms with Gasteiger partial charge in [0, 0.05) is 31.7 Å². The first kappa shape index (κ1) is 21.6. The Balaban J connectivity index is 1.32. The van der Waals surface area contributed by atoms with E-state index in [1.807, 2.05) is 4.68 Å². The van der Waals surface area contributed by atoms with Gasteiger partial charge in [-0.25, -0.2) is 14.7 Å². The molecule has 2 saturated heterocycles. The first-order chi connectivity index (χ1) is 16.2. The number of guanidine groups is 1. The lowest BCUT2D eigenvalue weighted by Gasteiger charge is -2.25. The Bertz CT molecular complexity index is 1070. The maximum Gasteiger partial charge on any atom is 0.194 e. The molecule has 2 aliphatic rings. The largest absolute Gasteiger partial charge is 0.381 e. The van der Waals surface area contributed by atoms with Crippen LogP contribution < -0.4 is 5.32 Å². The molecule has 5 rings (SSSR count). The van der Waals surface area contributed by atoms with Crippen LogP contribution in [-0.2, 0) is 17.8 Å². The zero-order valence-electron chi connectivity index (χ0n) is 19.3. The first-order valence-corrected chi connectivity index (χ1v) is 11.9. The van der Waals surface area contributed by atoms with Gasteiger partial charge in [-0.05, 0) is 42.0 Å². The molecule has 1 unspecified atom stereocenters. The van der Waals surface area contributed by atoms with Crippen molar-refractivity contribution in [3.63, 3.8) is 0 Å². The fraction of sp³-hybridized carbons (Fsp3) is 0.423. The maximum atomic E-state index is 5.71. The fourth-order valence-corrected chi connectivity index (χ4v) is 4.90. The summed E-state index contributed by atoms with van der Waals surface area (Å²) in [6, 6.07) is 17.3. The van der Waals surface area contributed by atoms with E-state index in [2.05, 4.69) is 75.8 Å². The predicted molar refractivity (Wildman–Crippen MR) is 130 cm³/mol. The van der Waals surface area contributed by atoms with Crippen LogP contribution in [0.2, 0.25) is 0 Å². The van der Waals surface area contributed by atoms with E-state index in [0.717, 1.165) is 45.4 Å². The summed E-state index contributed by atoms with van der Waals surface area (Å²) in [5, 5.41) is 7.70. The van der Waals surface area contributed by atoms with E-state index in [4.69, 9.17) is 9.73 Å². The number of nitrogens with zero attached hydrogens (tertiary/aromatic N) is 5. The Morgan fingerprint density at radius 3 is 2.79 bits per heavy atom. The van der Waals surface area contributed by atoms with Gasteiger partial charge in [0.15, 0.2) is 5.96 Å². The number of benzene rings is 2. The summed E-state index contributed by atoms with van der Waals surface area (Å²) in [5.74, 6) is 1.01. The van der Waals surface area contributed by atoms with Crippen LogP contribution in [0, 0.1) is 5.41 Å². The van der Waals surface area contributed by atoms with Crippen LogP contribution in [0.1, 0.15) is 30.9 Å². The third kappa shape index (κ3) is 4.93. The molecule has 3 heterocycles. The van der Waals surface area contributed by atoms with Gasteiger partial charge < -0.3 is 15.0 Å². The molecule has 0 bridgehead atoms. The highest BCUT2D eigenvalue weighted by molar-refractivity contribution is 5.80. The van der Waals surface area contributed by atoms with Crippen LogP contribution in [0.4, 0.5) is 0 Å². The summed E-state index contributed by atoms with van der Waals surface area (Å²) in [6.07, 6.45) is 5.66. The summed E-state index contributed by atoms with van der Waals surface area (Å²) in [7, 11) is 0. The highest BCUT2D eigenvalue weighted by Gasteiger charge is 2.42. The van der Waals surface area contributed by atoms with Gasteiger partial charge >= 0.3 is 0 Å². The summed E-state index contributed by atoms with van der Waals surface area (Å²) in [5.41, 5.74) is 5.19. The molecule has 1 aromatic heterocycles. The van der Waals surface area contributed by atoms with E-state index in [-0.39, 0.29) is 0 Å². The molecule has 7 nitrogen and oxygen atoms in total. The minimum atomic E-state index is 0.322. The van der Waals surface area contributed by atoms with E-state index >= 15 is 0 Å². The molecule has 1 atom stereocenters. The van der Waals surface area contributed by atoms with Gasteiger partial charge in [-0.3, -0.25) is 0 Å². The smallest absolute Gasteiger partial charge is 0.194 e. The molecule has 1 spiro atoms. The molecule has 0 radical (unpaired) electrons. The molecule has 0 amide bonds. The van der Waals surface area contributed by atoms with Crippen LogP contribution in [0.5, 0.6) is 0 Å². The Kier molecular flexibility index (Phi) is 6.39. The van der Waals surface area contributed by atoms with Gasteiger partial charge in [-0.2, -0.15) is 5.10 Å². The number of hydrogen-bond acceptors (Lipinski definition) is 4. The van der Waals surface area contributed by atoms with E-state index in [9.17, 15) is 0 Å². The highest BCUT2D eigenvalue weighted by atomic mass is 16.5. The number of nitrogens with one attached hydrogen (secondary N) is 1. The third-order valence-corrected chi connectivity index (χ3v) is 6.75. The average molecular weight is 445 g/mol. The normalized spacial score (nSPS) is 20.6. The Hall–Kier alpha value is -3.19. The van der Waals surface area contributed by atoms with Crippen molar-refractivity contribution < 1.29 is 4.74 Å². The molecular weight excluding hydrogens is 412 g/mol. The second-order valence-electron chi connectivity index (χ2n) is 9.09. The third-order valence-electron chi connectivity index (χ3n) is 6.75. The van der Waals surface area contributed by atoms with Crippen molar-refractivity contribution in [2.45, 2.75) is 32.9 Å². The van der Waals surface area contributed by atoms with Gasteiger partial charge in [0.2, 0.25) is 0 Å². The Morgan fingerprint density at radius 2 is 2.03 bits per heavy atom. The minimum absolute atomic E-state index is 0.322. The van der Waals surface area contributed by atoms with Gasteiger partial charge in [0.25, 0.3) is 0 Å². The van der Waals surface area contributed by atoms with Crippen molar-refractivity contribution in [3.05, 3.63) is 72.3 Å². The molecule has 3 aromatic rings. The van der Waals surface area contributed by atoms with Gasteiger partial charge in [-0.1, -0.05) is 48.5 Å². The van der Waals surface area contributed by atoms with Gasteiger partial charge in [-0.15, -0.1) is 0 Å². The molecule has 1 N–H and O–H groups in total. The number of likely N-dealkylation sites (tertiary alicyclic amines) is 1. The molecule has 0 aliphatic carbocycles. The summed E-state index contributed by atoms with van der Waals surface area (Å²) in [6.45, 7) is 8.24. The summed E-state index contributed by atoms with van der Waals surface area (Å²) in [4.78, 5) is 11.5. The minimum Gasteiger partial charge on any atom is -0.381 e. The van der Waals surface area contributed by atoms with E-state index < -0.39 is 0 Å². The van der Waals surface area contributed by atoms with E-state index in [1.54, 1.807) is 12.7 Å². The van der Waals surface area contributed by atoms with Crippen molar-refractivity contribution >= 4 is 5.96 Å². The van der Waals surface area contributed by atoms with Crippen LogP contribution in [0.15, 0.2) is 66.2 Å². The van der Waals surface area contributed by atoms with Crippen LogP contribution in [-0.4, -0.2) is 58.5 Å². The molecule has 2 fully saturated rings. The Morgan fingerprint density at radius 1 is 1.15 bits per heavy atom. The highest BCUT2D eigenvalue weighted by Crippen LogP contribution is 2.38. The summed E-state index contributed by atoms with van der Waals surface area (Å²) < 4.78 is 7.54. The zero-order valence-corrected chi connectivity index (χ0v) is 19.3. The average Bonchev–Trinajstić information content (AvgIpc) is 3.62. The molecular formula is C26H32N6O. The van der Waals surface area contributed by atoms with E-state index in [1.165, 1.54) is 35.1 Å². The predicted octanol–water partition coefficient (Wildman–Crippen LogP) is 3.57. The lowest BCUT2D eigenvalue weighted by molar-refractivity contribution is 0.156. The molecule has 33 heavy (non-hydrogen) atoms. The number of hydrogen-bond donors (Lipinski definition) is 1. The molecule has 2 aliphatic heterocycles. The lowest BCUT2D eigenvalue weighted by Crippen LogP contribution is -2.41. The second-order valence-corrected chi connectivity index (χ2v) is 9.09. The molecule has 2 aromatic carbocycles. The Labute approximate surface area is 195 Å². The summed E-state index contributed by atoms with van der Waals surface area (Å²) >= 11 is 0. The van der Waals surface area contributed by atoms with Crippen molar-refractivity contribution in [1.82, 2.24) is 25.0 Å². The fourth-order valence-electron chi connectivity index (χ4n) is 4.90. The molecule has 172 valence electrons. The number of rotatable bonds is 6. The zero-order chi connectivity index (χ0) is 22.5. The number of aromatic nitrogens is 3. The topological polar surface area (TPSA) is 67.6 Å². The monoisotopic (exact) mass is 444 g/mol. The maximum absolute atomic E-state index is 5.71.